The van der Waals surface area contributed by atoms with E-state index < -0.39 is 0 Å². The van der Waals surface area contributed by atoms with Crippen LogP contribution >= 0.6 is 15.9 Å². The van der Waals surface area contributed by atoms with Crippen molar-refractivity contribution in [2.45, 2.75) is 24.6 Å². The zero-order chi connectivity index (χ0) is 13.0. The van der Waals surface area contributed by atoms with E-state index in [2.05, 4.69) is 41.1 Å². The van der Waals surface area contributed by atoms with Crippen LogP contribution in [-0.2, 0) is 11.2 Å². The molecule has 3 unspecified atom stereocenters. The topological polar surface area (TPSA) is 18.5 Å². The standard InChI is InChI=1S/C15H21BrO2/c1-11-10-18-7-6-14(11)15(16)9-12-4-3-5-13(8-12)17-2/h3-5,8,11,14-15H,6-7,9-10H2,1-2H3. The van der Waals surface area contributed by atoms with Gasteiger partial charge >= 0.3 is 0 Å². The maximum Gasteiger partial charge on any atom is 0.119 e. The molecule has 0 radical (unpaired) electrons. The second-order valence-corrected chi connectivity index (χ2v) is 6.25. The van der Waals surface area contributed by atoms with Gasteiger partial charge in [0.2, 0.25) is 0 Å². The largest absolute Gasteiger partial charge is 0.497 e. The first-order valence-corrected chi connectivity index (χ1v) is 7.47. The van der Waals surface area contributed by atoms with Gasteiger partial charge in [-0.1, -0.05) is 35.0 Å². The van der Waals surface area contributed by atoms with Crippen molar-refractivity contribution in [3.63, 3.8) is 0 Å². The predicted octanol–water partition coefficient (Wildman–Crippen LogP) is 3.67. The molecule has 0 aliphatic carbocycles. The van der Waals surface area contributed by atoms with Gasteiger partial charge in [-0.3, -0.25) is 0 Å². The average molecular weight is 313 g/mol. The summed E-state index contributed by atoms with van der Waals surface area (Å²) in [4.78, 5) is 0.517. The van der Waals surface area contributed by atoms with E-state index in [9.17, 15) is 0 Å². The Morgan fingerprint density at radius 2 is 2.33 bits per heavy atom. The third-order valence-electron chi connectivity index (χ3n) is 3.74. The summed E-state index contributed by atoms with van der Waals surface area (Å²) in [6.45, 7) is 4.07. The van der Waals surface area contributed by atoms with Crippen LogP contribution in [0.25, 0.3) is 0 Å². The number of halogens is 1. The summed E-state index contributed by atoms with van der Waals surface area (Å²) < 4.78 is 10.8. The Morgan fingerprint density at radius 3 is 3.06 bits per heavy atom. The maximum atomic E-state index is 5.51. The van der Waals surface area contributed by atoms with E-state index in [0.717, 1.165) is 31.8 Å². The minimum absolute atomic E-state index is 0.517. The molecule has 0 amide bonds. The van der Waals surface area contributed by atoms with Crippen LogP contribution in [0.3, 0.4) is 0 Å². The first kappa shape index (κ1) is 13.9. The molecule has 1 aromatic rings. The van der Waals surface area contributed by atoms with Crippen molar-refractivity contribution in [1.29, 1.82) is 0 Å². The Morgan fingerprint density at radius 1 is 1.50 bits per heavy atom. The normalized spacial score (nSPS) is 25.7. The smallest absolute Gasteiger partial charge is 0.119 e. The summed E-state index contributed by atoms with van der Waals surface area (Å²) >= 11 is 3.87. The molecule has 3 heteroatoms. The summed E-state index contributed by atoms with van der Waals surface area (Å²) in [5, 5.41) is 0. The monoisotopic (exact) mass is 312 g/mol. The van der Waals surface area contributed by atoms with Gasteiger partial charge in [0.15, 0.2) is 0 Å². The fraction of sp³-hybridized carbons (Fsp3) is 0.600. The van der Waals surface area contributed by atoms with Crippen LogP contribution in [0.2, 0.25) is 0 Å². The lowest BCUT2D eigenvalue weighted by atomic mass is 9.85. The quantitative estimate of drug-likeness (QED) is 0.790. The molecule has 0 aromatic heterocycles. The second-order valence-electron chi connectivity index (χ2n) is 5.08. The molecule has 0 spiro atoms. The van der Waals surface area contributed by atoms with Crippen LogP contribution in [0.1, 0.15) is 18.9 Å². The van der Waals surface area contributed by atoms with Crippen molar-refractivity contribution >= 4 is 15.9 Å². The van der Waals surface area contributed by atoms with Gasteiger partial charge in [-0.15, -0.1) is 0 Å². The van der Waals surface area contributed by atoms with E-state index in [1.54, 1.807) is 7.11 Å². The summed E-state index contributed by atoms with van der Waals surface area (Å²) in [7, 11) is 1.71. The van der Waals surface area contributed by atoms with Crippen LogP contribution in [0.5, 0.6) is 5.75 Å². The summed E-state index contributed by atoms with van der Waals surface area (Å²) in [6.07, 6.45) is 2.20. The molecule has 100 valence electrons. The molecular weight excluding hydrogens is 292 g/mol. The zero-order valence-electron chi connectivity index (χ0n) is 11.1. The number of hydrogen-bond donors (Lipinski definition) is 0. The van der Waals surface area contributed by atoms with Gasteiger partial charge in [-0.2, -0.15) is 0 Å². The fourth-order valence-electron chi connectivity index (χ4n) is 2.61. The number of benzene rings is 1. The highest BCUT2D eigenvalue weighted by molar-refractivity contribution is 9.09. The van der Waals surface area contributed by atoms with Crippen molar-refractivity contribution in [2.75, 3.05) is 20.3 Å². The lowest BCUT2D eigenvalue weighted by Crippen LogP contribution is -2.32. The molecular formula is C15H21BrO2. The van der Waals surface area contributed by atoms with Gasteiger partial charge in [0, 0.05) is 18.0 Å². The van der Waals surface area contributed by atoms with Gasteiger partial charge < -0.3 is 9.47 Å². The highest BCUT2D eigenvalue weighted by atomic mass is 79.9. The van der Waals surface area contributed by atoms with Crippen molar-refractivity contribution in [3.8, 4) is 5.75 Å². The number of rotatable bonds is 4. The number of ether oxygens (including phenoxy) is 2. The minimum atomic E-state index is 0.517. The number of hydrogen-bond acceptors (Lipinski definition) is 2. The van der Waals surface area contributed by atoms with Crippen LogP contribution in [0.15, 0.2) is 24.3 Å². The van der Waals surface area contributed by atoms with Crippen LogP contribution in [0, 0.1) is 11.8 Å². The highest BCUT2D eigenvalue weighted by Gasteiger charge is 2.28. The molecule has 1 fully saturated rings. The zero-order valence-corrected chi connectivity index (χ0v) is 12.7. The van der Waals surface area contributed by atoms with Crippen molar-refractivity contribution in [2.24, 2.45) is 11.8 Å². The molecule has 1 aliphatic heterocycles. The SMILES string of the molecule is COc1cccc(CC(Br)C2CCOCC2C)c1. The molecule has 1 aromatic carbocycles. The van der Waals surface area contributed by atoms with Gasteiger partial charge in [-0.25, -0.2) is 0 Å². The van der Waals surface area contributed by atoms with Gasteiger partial charge in [0.25, 0.3) is 0 Å². The first-order chi connectivity index (χ1) is 8.70. The molecule has 2 nitrogen and oxygen atoms in total. The van der Waals surface area contributed by atoms with Gasteiger partial charge in [0.1, 0.15) is 5.75 Å². The molecule has 0 bridgehead atoms. The van der Waals surface area contributed by atoms with E-state index >= 15 is 0 Å². The Labute approximate surface area is 118 Å². The van der Waals surface area contributed by atoms with Crippen LogP contribution < -0.4 is 4.74 Å². The summed E-state index contributed by atoms with van der Waals surface area (Å²) in [5.74, 6) is 2.27. The van der Waals surface area contributed by atoms with E-state index in [-0.39, 0.29) is 0 Å². The number of methoxy groups -OCH3 is 1. The van der Waals surface area contributed by atoms with Crippen molar-refractivity contribution in [3.05, 3.63) is 29.8 Å². The third kappa shape index (κ3) is 3.48. The molecule has 1 heterocycles. The Kier molecular flexibility index (Phi) is 5.07. The average Bonchev–Trinajstić information content (AvgIpc) is 2.39. The number of alkyl halides is 1. The van der Waals surface area contributed by atoms with Crippen molar-refractivity contribution < 1.29 is 9.47 Å². The Balaban J connectivity index is 1.98. The van der Waals surface area contributed by atoms with Gasteiger partial charge in [0.05, 0.1) is 7.11 Å². The van der Waals surface area contributed by atoms with E-state index in [4.69, 9.17) is 9.47 Å². The Bertz CT molecular complexity index is 381. The van der Waals surface area contributed by atoms with Crippen LogP contribution in [-0.4, -0.2) is 25.2 Å². The summed E-state index contributed by atoms with van der Waals surface area (Å²) in [5.41, 5.74) is 1.33. The lowest BCUT2D eigenvalue weighted by molar-refractivity contribution is 0.0242. The van der Waals surface area contributed by atoms with E-state index in [1.807, 2.05) is 6.07 Å². The van der Waals surface area contributed by atoms with Gasteiger partial charge in [-0.05, 0) is 42.4 Å². The molecule has 3 atom stereocenters. The van der Waals surface area contributed by atoms with E-state index in [1.165, 1.54) is 5.56 Å². The lowest BCUT2D eigenvalue weighted by Gasteiger charge is -2.32. The Hall–Kier alpha value is -0.540. The van der Waals surface area contributed by atoms with Crippen molar-refractivity contribution in [1.82, 2.24) is 0 Å². The molecule has 0 saturated carbocycles. The third-order valence-corrected chi connectivity index (χ3v) is 4.74. The fourth-order valence-corrected chi connectivity index (χ4v) is 3.77. The van der Waals surface area contributed by atoms with Crippen LogP contribution in [0.4, 0.5) is 0 Å². The molecule has 18 heavy (non-hydrogen) atoms. The summed E-state index contributed by atoms with van der Waals surface area (Å²) in [6, 6.07) is 8.34. The van der Waals surface area contributed by atoms with E-state index in [0.29, 0.717) is 16.7 Å². The molecule has 0 N–H and O–H groups in total. The molecule has 1 saturated heterocycles. The highest BCUT2D eigenvalue weighted by Crippen LogP contribution is 2.31. The molecule has 2 rings (SSSR count). The first-order valence-electron chi connectivity index (χ1n) is 6.55. The minimum Gasteiger partial charge on any atom is -0.497 e. The second kappa shape index (κ2) is 6.58. The predicted molar refractivity (Wildman–Crippen MR) is 77.5 cm³/mol. The molecule has 1 aliphatic rings. The maximum absolute atomic E-state index is 5.51.